The zero-order chi connectivity index (χ0) is 10.1. The van der Waals surface area contributed by atoms with Gasteiger partial charge in [0.1, 0.15) is 11.5 Å². The van der Waals surface area contributed by atoms with Gasteiger partial charge in [-0.05, 0) is 27.4 Å². The molecule has 0 radical (unpaired) electrons. The zero-order valence-electron chi connectivity index (χ0n) is 7.07. The van der Waals surface area contributed by atoms with Crippen molar-refractivity contribution in [3.8, 4) is 10.6 Å². The molecule has 2 aromatic heterocycles. The zero-order valence-corrected chi connectivity index (χ0v) is 9.47. The predicted octanol–water partition coefficient (Wildman–Crippen LogP) is 2.13. The smallest absolute Gasteiger partial charge is 0.153 e. The van der Waals surface area contributed by atoms with E-state index in [4.69, 9.17) is 11.5 Å². The molecule has 0 unspecified atom stereocenters. The van der Waals surface area contributed by atoms with Crippen LogP contribution in [0.1, 0.15) is 0 Å². The molecule has 72 valence electrons. The first kappa shape index (κ1) is 9.42. The lowest BCUT2D eigenvalue weighted by Crippen LogP contribution is -2.00. The van der Waals surface area contributed by atoms with E-state index in [-0.39, 0.29) is 0 Å². The van der Waals surface area contributed by atoms with E-state index in [1.165, 1.54) is 6.20 Å². The maximum absolute atomic E-state index is 5.71. The lowest BCUT2D eigenvalue weighted by Gasteiger charge is -2.02. The van der Waals surface area contributed by atoms with Crippen molar-refractivity contribution in [1.82, 2.24) is 9.97 Å². The molecule has 2 aromatic rings. The quantitative estimate of drug-likeness (QED) is 0.832. The summed E-state index contributed by atoms with van der Waals surface area (Å²) in [4.78, 5) is 9.07. The first-order valence-electron chi connectivity index (χ1n) is 3.80. The molecular weight excluding hydrogens is 264 g/mol. The van der Waals surface area contributed by atoms with Crippen molar-refractivity contribution >= 4 is 38.9 Å². The van der Waals surface area contributed by atoms with Gasteiger partial charge < -0.3 is 11.5 Å². The number of hydrogen-bond acceptors (Lipinski definition) is 5. The van der Waals surface area contributed by atoms with Gasteiger partial charge in [-0.2, -0.15) is 0 Å². The van der Waals surface area contributed by atoms with Crippen molar-refractivity contribution in [2.75, 3.05) is 11.5 Å². The lowest BCUT2D eigenvalue weighted by atomic mass is 10.3. The fourth-order valence-corrected chi connectivity index (χ4v) is 2.62. The Morgan fingerprint density at radius 2 is 2.14 bits per heavy atom. The lowest BCUT2D eigenvalue weighted by molar-refractivity contribution is 1.23. The number of nitrogens with zero attached hydrogens (tertiary/aromatic N) is 2. The summed E-state index contributed by atoms with van der Waals surface area (Å²) in [5, 5.41) is 1.96. The summed E-state index contributed by atoms with van der Waals surface area (Å²) in [6.07, 6.45) is 1.50. The van der Waals surface area contributed by atoms with Crippen LogP contribution in [0.3, 0.4) is 0 Å². The molecule has 0 aliphatic rings. The molecule has 0 amide bonds. The summed E-state index contributed by atoms with van der Waals surface area (Å²) in [6, 6.07) is 1.94. The van der Waals surface area contributed by atoms with E-state index in [2.05, 4.69) is 25.9 Å². The number of anilines is 2. The van der Waals surface area contributed by atoms with Gasteiger partial charge in [-0.3, -0.25) is 0 Å². The first-order chi connectivity index (χ1) is 6.68. The Morgan fingerprint density at radius 1 is 1.36 bits per heavy atom. The third-order valence-corrected chi connectivity index (χ3v) is 3.49. The third-order valence-electron chi connectivity index (χ3n) is 1.65. The Bertz CT molecular complexity index is 468. The Morgan fingerprint density at radius 3 is 2.71 bits per heavy atom. The number of halogens is 1. The Balaban J connectivity index is 2.58. The SMILES string of the molecule is Nc1cnc(-c2sccc2Br)c(N)n1. The van der Waals surface area contributed by atoms with Gasteiger partial charge in [0.15, 0.2) is 5.82 Å². The summed E-state index contributed by atoms with van der Waals surface area (Å²) in [5.74, 6) is 0.687. The van der Waals surface area contributed by atoms with Crippen molar-refractivity contribution in [3.05, 3.63) is 22.1 Å². The second-order valence-electron chi connectivity index (χ2n) is 2.63. The normalized spacial score (nSPS) is 10.4. The van der Waals surface area contributed by atoms with E-state index >= 15 is 0 Å². The Labute approximate surface area is 93.1 Å². The van der Waals surface area contributed by atoms with Gasteiger partial charge in [-0.15, -0.1) is 11.3 Å². The van der Waals surface area contributed by atoms with Crippen molar-refractivity contribution in [1.29, 1.82) is 0 Å². The maximum atomic E-state index is 5.71. The molecule has 0 saturated carbocycles. The minimum absolute atomic E-state index is 0.332. The van der Waals surface area contributed by atoms with Crippen LogP contribution in [0.2, 0.25) is 0 Å². The van der Waals surface area contributed by atoms with Gasteiger partial charge in [-0.1, -0.05) is 0 Å². The molecule has 14 heavy (non-hydrogen) atoms. The van der Waals surface area contributed by atoms with Crippen LogP contribution in [-0.2, 0) is 0 Å². The van der Waals surface area contributed by atoms with Gasteiger partial charge in [0.05, 0.1) is 11.1 Å². The molecule has 0 fully saturated rings. The molecule has 4 nitrogen and oxygen atoms in total. The van der Waals surface area contributed by atoms with Crippen LogP contribution >= 0.6 is 27.3 Å². The van der Waals surface area contributed by atoms with Crippen molar-refractivity contribution < 1.29 is 0 Å². The number of thiophene rings is 1. The van der Waals surface area contributed by atoms with Gasteiger partial charge in [-0.25, -0.2) is 9.97 Å². The van der Waals surface area contributed by atoms with Gasteiger partial charge in [0.25, 0.3) is 0 Å². The highest BCUT2D eigenvalue weighted by Gasteiger charge is 2.10. The maximum Gasteiger partial charge on any atom is 0.153 e. The second-order valence-corrected chi connectivity index (χ2v) is 4.40. The molecule has 2 heterocycles. The van der Waals surface area contributed by atoms with Crippen LogP contribution in [0.5, 0.6) is 0 Å². The van der Waals surface area contributed by atoms with Crippen LogP contribution in [-0.4, -0.2) is 9.97 Å². The van der Waals surface area contributed by atoms with Crippen LogP contribution in [0.15, 0.2) is 22.1 Å². The largest absolute Gasteiger partial charge is 0.382 e. The standard InChI is InChI=1S/C8H7BrN4S/c9-4-1-2-14-7(4)6-8(11)13-5(10)3-12-6/h1-3H,(H4,10,11,13). The van der Waals surface area contributed by atoms with Crippen LogP contribution in [0.4, 0.5) is 11.6 Å². The number of aromatic nitrogens is 2. The fourth-order valence-electron chi connectivity index (χ4n) is 1.06. The molecule has 0 bridgehead atoms. The number of hydrogen-bond donors (Lipinski definition) is 2. The highest BCUT2D eigenvalue weighted by molar-refractivity contribution is 9.10. The summed E-state index contributed by atoms with van der Waals surface area (Å²) in [5.41, 5.74) is 11.8. The summed E-state index contributed by atoms with van der Waals surface area (Å²) >= 11 is 4.96. The fraction of sp³-hybridized carbons (Fsp3) is 0. The highest BCUT2D eigenvalue weighted by Crippen LogP contribution is 2.34. The van der Waals surface area contributed by atoms with Crippen molar-refractivity contribution in [2.45, 2.75) is 0 Å². The Hall–Kier alpha value is -1.14. The molecule has 4 N–H and O–H groups in total. The van der Waals surface area contributed by atoms with Gasteiger partial charge in [0, 0.05) is 4.47 Å². The molecule has 0 atom stereocenters. The van der Waals surface area contributed by atoms with Crippen LogP contribution < -0.4 is 11.5 Å². The molecule has 0 aromatic carbocycles. The average molecular weight is 271 g/mol. The number of nitrogens with two attached hydrogens (primary N) is 2. The van der Waals surface area contributed by atoms with E-state index in [9.17, 15) is 0 Å². The van der Waals surface area contributed by atoms with Crippen LogP contribution in [0, 0.1) is 0 Å². The molecule has 6 heteroatoms. The molecule has 0 aliphatic carbocycles. The van der Waals surface area contributed by atoms with Crippen LogP contribution in [0.25, 0.3) is 10.6 Å². The monoisotopic (exact) mass is 270 g/mol. The van der Waals surface area contributed by atoms with E-state index in [1.54, 1.807) is 11.3 Å². The Kier molecular flexibility index (Phi) is 2.39. The first-order valence-corrected chi connectivity index (χ1v) is 5.47. The molecular formula is C8H7BrN4S. The minimum atomic E-state index is 0.332. The summed E-state index contributed by atoms with van der Waals surface area (Å²) < 4.78 is 0.966. The van der Waals surface area contributed by atoms with E-state index < -0.39 is 0 Å². The molecule has 0 aliphatic heterocycles. The molecule has 0 saturated heterocycles. The predicted molar refractivity (Wildman–Crippen MR) is 61.9 cm³/mol. The average Bonchev–Trinajstić information content (AvgIpc) is 2.52. The third kappa shape index (κ3) is 1.58. The van der Waals surface area contributed by atoms with Gasteiger partial charge >= 0.3 is 0 Å². The van der Waals surface area contributed by atoms with Gasteiger partial charge in [0.2, 0.25) is 0 Å². The minimum Gasteiger partial charge on any atom is -0.382 e. The molecule has 2 rings (SSSR count). The number of nitrogen functional groups attached to an aromatic ring is 2. The van der Waals surface area contributed by atoms with E-state index in [0.717, 1.165) is 9.35 Å². The van der Waals surface area contributed by atoms with E-state index in [0.29, 0.717) is 17.3 Å². The number of rotatable bonds is 1. The summed E-state index contributed by atoms with van der Waals surface area (Å²) in [7, 11) is 0. The highest BCUT2D eigenvalue weighted by atomic mass is 79.9. The van der Waals surface area contributed by atoms with E-state index in [1.807, 2.05) is 11.4 Å². The second kappa shape index (κ2) is 3.55. The van der Waals surface area contributed by atoms with Crippen molar-refractivity contribution in [2.24, 2.45) is 0 Å². The van der Waals surface area contributed by atoms with Crippen molar-refractivity contribution in [3.63, 3.8) is 0 Å². The topological polar surface area (TPSA) is 77.8 Å². The summed E-state index contributed by atoms with van der Waals surface area (Å²) in [6.45, 7) is 0. The molecule has 0 spiro atoms.